The zero-order chi connectivity index (χ0) is 21.5. The molecule has 31 heavy (non-hydrogen) atoms. The van der Waals surface area contributed by atoms with Crippen LogP contribution in [0.5, 0.6) is 0 Å². The first kappa shape index (κ1) is 20.9. The summed E-state index contributed by atoms with van der Waals surface area (Å²) < 4.78 is 0. The zero-order valence-corrected chi connectivity index (χ0v) is 17.7. The van der Waals surface area contributed by atoms with Gasteiger partial charge in [0.1, 0.15) is 0 Å². The van der Waals surface area contributed by atoms with E-state index in [-0.39, 0.29) is 11.8 Å². The maximum Gasteiger partial charge on any atom is 0.254 e. The smallest absolute Gasteiger partial charge is 0.254 e. The van der Waals surface area contributed by atoms with Crippen molar-refractivity contribution in [3.8, 4) is 11.1 Å². The Morgan fingerprint density at radius 2 is 1.26 bits per heavy atom. The van der Waals surface area contributed by atoms with Crippen molar-refractivity contribution < 1.29 is 9.59 Å². The summed E-state index contributed by atoms with van der Waals surface area (Å²) in [5.41, 5.74) is 3.98. The highest BCUT2D eigenvalue weighted by molar-refractivity contribution is 6.01. The summed E-state index contributed by atoms with van der Waals surface area (Å²) in [5, 5.41) is 0. The molecule has 0 N–H and O–H groups in total. The fraction of sp³-hybridized carbons (Fsp3) is 0.259. The first-order chi connectivity index (χ1) is 15.2. The van der Waals surface area contributed by atoms with Gasteiger partial charge in [-0.3, -0.25) is 9.59 Å². The van der Waals surface area contributed by atoms with Gasteiger partial charge in [0.25, 0.3) is 5.91 Å². The molecule has 4 heteroatoms. The van der Waals surface area contributed by atoms with E-state index in [9.17, 15) is 9.59 Å². The van der Waals surface area contributed by atoms with E-state index >= 15 is 0 Å². The number of carbonyl (C=O) groups is 2. The van der Waals surface area contributed by atoms with E-state index in [1.54, 1.807) is 0 Å². The molecule has 3 aromatic rings. The van der Waals surface area contributed by atoms with Crippen molar-refractivity contribution in [1.29, 1.82) is 0 Å². The first-order valence-corrected chi connectivity index (χ1v) is 11.0. The number of amides is 2. The number of benzene rings is 3. The summed E-state index contributed by atoms with van der Waals surface area (Å²) in [4.78, 5) is 29.6. The van der Waals surface area contributed by atoms with E-state index in [2.05, 4.69) is 12.1 Å². The summed E-state index contributed by atoms with van der Waals surface area (Å²) in [6.07, 6.45) is 2.33. The van der Waals surface area contributed by atoms with Crippen molar-refractivity contribution in [1.82, 2.24) is 9.80 Å². The van der Waals surface area contributed by atoms with E-state index < -0.39 is 0 Å². The van der Waals surface area contributed by atoms with Crippen LogP contribution in [0.2, 0.25) is 0 Å². The molecule has 0 aliphatic carbocycles. The fourth-order valence-electron chi connectivity index (χ4n) is 4.11. The van der Waals surface area contributed by atoms with Crippen molar-refractivity contribution in [2.24, 2.45) is 0 Å². The lowest BCUT2D eigenvalue weighted by Crippen LogP contribution is -2.50. The minimum atomic E-state index is 0.0376. The summed E-state index contributed by atoms with van der Waals surface area (Å²) in [7, 11) is 0. The van der Waals surface area contributed by atoms with Crippen LogP contribution in [-0.4, -0.2) is 47.8 Å². The highest BCUT2D eigenvalue weighted by Gasteiger charge is 2.25. The van der Waals surface area contributed by atoms with Crippen LogP contribution in [0, 0.1) is 0 Å². The average Bonchev–Trinajstić information content (AvgIpc) is 2.85. The van der Waals surface area contributed by atoms with Gasteiger partial charge in [-0.25, -0.2) is 0 Å². The molecule has 0 spiro atoms. The zero-order valence-electron chi connectivity index (χ0n) is 17.7. The van der Waals surface area contributed by atoms with Gasteiger partial charge in [-0.2, -0.15) is 0 Å². The number of hydrogen-bond donors (Lipinski definition) is 0. The first-order valence-electron chi connectivity index (χ1n) is 11.0. The lowest BCUT2D eigenvalue weighted by atomic mass is 9.98. The third kappa shape index (κ3) is 5.21. The molecule has 4 rings (SSSR count). The molecule has 0 atom stereocenters. The van der Waals surface area contributed by atoms with E-state index in [1.807, 2.05) is 82.6 Å². The summed E-state index contributed by atoms with van der Waals surface area (Å²) >= 11 is 0. The maximum atomic E-state index is 13.2. The van der Waals surface area contributed by atoms with Gasteiger partial charge < -0.3 is 9.80 Å². The summed E-state index contributed by atoms with van der Waals surface area (Å²) in [6.45, 7) is 2.35. The summed E-state index contributed by atoms with van der Waals surface area (Å²) in [5.74, 6) is 0.225. The number of piperazine rings is 1. The monoisotopic (exact) mass is 412 g/mol. The third-order valence-corrected chi connectivity index (χ3v) is 5.86. The minimum absolute atomic E-state index is 0.0376. The number of carbonyl (C=O) groups excluding carboxylic acids is 2. The minimum Gasteiger partial charge on any atom is -0.339 e. The lowest BCUT2D eigenvalue weighted by Gasteiger charge is -2.35. The molecule has 1 saturated heterocycles. The maximum absolute atomic E-state index is 13.2. The second kappa shape index (κ2) is 10.1. The van der Waals surface area contributed by atoms with Crippen LogP contribution < -0.4 is 0 Å². The highest BCUT2D eigenvalue weighted by atomic mass is 16.2. The SMILES string of the molecule is O=C(CCCc1ccccc1)N1CCN(C(=O)c2ccccc2-c2ccccc2)CC1. The third-order valence-electron chi connectivity index (χ3n) is 5.86. The molecule has 1 heterocycles. The number of hydrogen-bond acceptors (Lipinski definition) is 2. The van der Waals surface area contributed by atoms with Crippen LogP contribution in [0.25, 0.3) is 11.1 Å². The Labute approximate surface area is 184 Å². The molecule has 0 unspecified atom stereocenters. The quantitative estimate of drug-likeness (QED) is 0.591. The van der Waals surface area contributed by atoms with Crippen molar-refractivity contribution in [2.75, 3.05) is 26.2 Å². The molecule has 4 nitrogen and oxygen atoms in total. The molecular weight excluding hydrogens is 384 g/mol. The molecule has 1 fully saturated rings. The molecule has 158 valence electrons. The van der Waals surface area contributed by atoms with Crippen molar-refractivity contribution >= 4 is 11.8 Å². The molecule has 0 aromatic heterocycles. The Hall–Kier alpha value is -3.40. The molecule has 1 aliphatic heterocycles. The fourth-order valence-corrected chi connectivity index (χ4v) is 4.11. The van der Waals surface area contributed by atoms with Gasteiger partial charge in [0.2, 0.25) is 5.91 Å². The van der Waals surface area contributed by atoms with Gasteiger partial charge in [-0.05, 0) is 35.6 Å². The van der Waals surface area contributed by atoms with Gasteiger partial charge in [-0.1, -0.05) is 78.9 Å². The van der Waals surface area contributed by atoms with Gasteiger partial charge >= 0.3 is 0 Å². The van der Waals surface area contributed by atoms with Gasteiger partial charge in [0.15, 0.2) is 0 Å². The van der Waals surface area contributed by atoms with Crippen LogP contribution in [0.4, 0.5) is 0 Å². The second-order valence-corrected chi connectivity index (χ2v) is 7.92. The van der Waals surface area contributed by atoms with Crippen LogP contribution in [0.3, 0.4) is 0 Å². The summed E-state index contributed by atoms with van der Waals surface area (Å²) in [6, 6.07) is 28.0. The Morgan fingerprint density at radius 1 is 0.677 bits per heavy atom. The number of aryl methyl sites for hydroxylation is 1. The second-order valence-electron chi connectivity index (χ2n) is 7.92. The lowest BCUT2D eigenvalue weighted by molar-refractivity contribution is -0.132. The van der Waals surface area contributed by atoms with Crippen molar-refractivity contribution in [3.05, 3.63) is 96.1 Å². The Balaban J connectivity index is 1.32. The molecule has 2 amide bonds. The molecule has 1 aliphatic rings. The van der Waals surface area contributed by atoms with E-state index in [1.165, 1.54) is 5.56 Å². The molecule has 0 radical (unpaired) electrons. The normalized spacial score (nSPS) is 13.8. The predicted molar refractivity (Wildman–Crippen MR) is 124 cm³/mol. The topological polar surface area (TPSA) is 40.6 Å². The Kier molecular flexibility index (Phi) is 6.78. The van der Waals surface area contributed by atoms with E-state index in [4.69, 9.17) is 0 Å². The highest BCUT2D eigenvalue weighted by Crippen LogP contribution is 2.25. The average molecular weight is 413 g/mol. The number of rotatable bonds is 6. The van der Waals surface area contributed by atoms with Crippen molar-refractivity contribution in [3.63, 3.8) is 0 Å². The number of nitrogens with zero attached hydrogens (tertiary/aromatic N) is 2. The van der Waals surface area contributed by atoms with E-state index in [0.717, 1.165) is 29.5 Å². The van der Waals surface area contributed by atoms with Crippen LogP contribution in [-0.2, 0) is 11.2 Å². The molecule has 0 saturated carbocycles. The Morgan fingerprint density at radius 3 is 1.97 bits per heavy atom. The molecule has 3 aromatic carbocycles. The van der Waals surface area contributed by atoms with Gasteiger partial charge in [0, 0.05) is 38.2 Å². The van der Waals surface area contributed by atoms with E-state index in [0.29, 0.717) is 32.6 Å². The predicted octanol–water partition coefficient (Wildman–Crippen LogP) is 4.66. The van der Waals surface area contributed by atoms with Crippen molar-refractivity contribution in [2.45, 2.75) is 19.3 Å². The Bertz CT molecular complexity index is 1010. The van der Waals surface area contributed by atoms with Gasteiger partial charge in [0.05, 0.1) is 0 Å². The van der Waals surface area contributed by atoms with Gasteiger partial charge in [-0.15, -0.1) is 0 Å². The van der Waals surface area contributed by atoms with Crippen LogP contribution in [0.1, 0.15) is 28.8 Å². The van der Waals surface area contributed by atoms with Crippen LogP contribution >= 0.6 is 0 Å². The molecule has 0 bridgehead atoms. The standard InChI is InChI=1S/C27H28N2O2/c30-26(17-9-12-22-10-3-1-4-11-22)28-18-20-29(21-19-28)27(31)25-16-8-7-15-24(25)23-13-5-2-6-14-23/h1-8,10-11,13-16H,9,12,17-21H2. The molecular formula is C27H28N2O2. The van der Waals surface area contributed by atoms with Crippen LogP contribution in [0.15, 0.2) is 84.9 Å². The largest absolute Gasteiger partial charge is 0.339 e.